The van der Waals surface area contributed by atoms with Gasteiger partial charge in [0, 0.05) is 60.3 Å². The number of ketones is 2. The number of phenols is 2. The predicted octanol–water partition coefficient (Wildman–Crippen LogP) is -7.37. The van der Waals surface area contributed by atoms with Gasteiger partial charge in [-0.05, 0) is 68.5 Å². The van der Waals surface area contributed by atoms with Crippen LogP contribution < -0.4 is 75.5 Å². The molecule has 0 spiro atoms. The topological polar surface area (TPSA) is 552 Å². The molecule has 2 aromatic rings. The number of primary amides is 1. The number of aromatic hydroxyl groups is 2. The van der Waals surface area contributed by atoms with Crippen molar-refractivity contribution in [2.75, 3.05) is 61.8 Å². The number of nitrogens with two attached hydrogens (primary N) is 2. The molecule has 0 aromatic heterocycles. The molecule has 36 nitrogen and oxygen atoms in total. The van der Waals surface area contributed by atoms with E-state index in [1.54, 1.807) is 0 Å². The van der Waals surface area contributed by atoms with Crippen molar-refractivity contribution in [2.45, 2.75) is 143 Å². The summed E-state index contributed by atoms with van der Waals surface area (Å²) in [6, 6.07) is -8.09. The van der Waals surface area contributed by atoms with Crippen LogP contribution >= 0.6 is 75.8 Å². The predicted molar refractivity (Wildman–Crippen MR) is 388 cm³/mol. The molecule has 570 valence electrons. The first-order valence-corrected chi connectivity index (χ1v) is 35.5. The molecule has 14 atom stereocenters. The molecule has 1 aliphatic heterocycles. The van der Waals surface area contributed by atoms with Crippen LogP contribution in [-0.2, 0) is 99.0 Å². The number of aliphatic hydroxyl groups is 1. The second-order valence-electron chi connectivity index (χ2n) is 23.2. The number of nitrogens with zero attached hydrogens (tertiary/aromatic N) is 1. The number of carbonyl (C=O) groups is 16. The van der Waals surface area contributed by atoms with E-state index < -0.39 is 216 Å². The first-order valence-electron chi connectivity index (χ1n) is 31.7. The highest BCUT2D eigenvalue weighted by Crippen LogP contribution is 2.21. The summed E-state index contributed by atoms with van der Waals surface area (Å²) in [7, 11) is 2.20. The summed E-state index contributed by atoms with van der Waals surface area (Å²) in [5.41, 5.74) is 8.60. The van der Waals surface area contributed by atoms with Crippen LogP contribution in [0.1, 0.15) is 57.1 Å². The average molecular weight is 1560 g/mol. The molecule has 0 aliphatic carbocycles. The molecule has 0 bridgehead atoms. The maximum atomic E-state index is 14.3. The molecule has 19 N–H and O–H groups in total. The number of hydrogen-bond donors (Lipinski definition) is 23. The SMILES string of the molecule is COC(=O)CCC(N[C@@H](CS)C(=O)C(=O)[C@H](CS)NN)C(=O)N[C@@H](Cc1ccc(O)cc1)C(=O)N[C@@H](CS)C(=O)N[C@@H](CS)C(=O)N[C@@H](CC(N)=O)C(=O)N1CCC[C@H]1C(=O)NC(C)C(=O)N[C@@H](CS)C(=O)N[C@H](C(=O)NCC(=O)NC(CS)C(=O)NC(Cc1ccc(O)cc1)C(=O)OC)[C@@H](C)O. The summed E-state index contributed by atoms with van der Waals surface area (Å²) in [5.74, 6) is -12.6. The van der Waals surface area contributed by atoms with Crippen LogP contribution in [0.5, 0.6) is 11.5 Å². The minimum atomic E-state index is -1.77. The zero-order chi connectivity index (χ0) is 77.4. The lowest BCUT2D eigenvalue weighted by molar-refractivity contribution is -0.145. The highest BCUT2D eigenvalue weighted by Gasteiger charge is 2.42. The normalized spacial score (nSPS) is 16.3. The van der Waals surface area contributed by atoms with Gasteiger partial charge in [-0.1, -0.05) is 24.3 Å². The number of thiol groups is 6. The second kappa shape index (κ2) is 45.2. The van der Waals surface area contributed by atoms with Crippen LogP contribution in [0.2, 0.25) is 0 Å². The maximum Gasteiger partial charge on any atom is 0.328 e. The van der Waals surface area contributed by atoms with Crippen LogP contribution in [0.4, 0.5) is 0 Å². The smallest absolute Gasteiger partial charge is 0.328 e. The van der Waals surface area contributed by atoms with Gasteiger partial charge in [0.05, 0.1) is 51.4 Å². The van der Waals surface area contributed by atoms with Gasteiger partial charge in [-0.3, -0.25) is 83.1 Å². The molecule has 1 aliphatic rings. The summed E-state index contributed by atoms with van der Waals surface area (Å²) >= 11 is 24.9. The van der Waals surface area contributed by atoms with Gasteiger partial charge in [-0.25, -0.2) is 10.2 Å². The first kappa shape index (κ1) is 89.1. The third-order valence-corrected chi connectivity index (χ3v) is 17.8. The lowest BCUT2D eigenvalue weighted by atomic mass is 10.0. The Morgan fingerprint density at radius 1 is 0.524 bits per heavy atom. The van der Waals surface area contributed by atoms with E-state index in [1.165, 1.54) is 55.5 Å². The van der Waals surface area contributed by atoms with Gasteiger partial charge in [0.25, 0.3) is 0 Å². The summed E-state index contributed by atoms with van der Waals surface area (Å²) in [4.78, 5) is 215. The van der Waals surface area contributed by atoms with Crippen LogP contribution in [0.15, 0.2) is 48.5 Å². The minimum absolute atomic E-state index is 0.00409. The van der Waals surface area contributed by atoms with E-state index in [4.69, 9.17) is 21.1 Å². The van der Waals surface area contributed by atoms with Crippen molar-refractivity contribution in [3.8, 4) is 11.5 Å². The molecule has 1 heterocycles. The summed E-state index contributed by atoms with van der Waals surface area (Å²) in [6.07, 6.45) is -3.34. The average Bonchev–Trinajstić information content (AvgIpc) is 1.76. The molecule has 1 fully saturated rings. The van der Waals surface area contributed by atoms with Gasteiger partial charge in [0.2, 0.25) is 82.5 Å². The van der Waals surface area contributed by atoms with Gasteiger partial charge in [0.15, 0.2) is 0 Å². The number of hydrazine groups is 1. The number of esters is 2. The lowest BCUT2D eigenvalue weighted by Crippen LogP contribution is -2.61. The summed E-state index contributed by atoms with van der Waals surface area (Å²) in [6.45, 7) is 1.45. The maximum absolute atomic E-state index is 14.3. The standard InChI is InChI=1S/C61H89N15O21S6/c1-28(51(85)71-43(27-103)57(91)74-48(29(2)77)59(93)64-21-46(81)67-40(24-100)54(88)70-37(61(95)97-4)19-31-9-13-33(79)14-10-31)65-58(92)44-6-5-17-76(44)60(94)36(20-45(62)80)69-55(89)41(25-101)73-56(90)42(26-102)72-53(87)35(18-30-7-11-32(78)12-8-30)68-52(86)34(15-16-47(82)96-3)66-38(22-98)49(83)50(84)39(23-99)75-63/h7-14,28-29,34-44,48,66,75,77-79,98-103H,5-6,15-27,63H2,1-4H3,(H2,62,80)(H,64,93)(H,65,92)(H,67,81)(H,68,86)(H,69,89)(H,70,88)(H,71,85)(H,72,87)(H,73,90)(H,74,91)/t28?,29-,34?,35+,36+,37?,38+,39+,40?,41+,42+,43+,44+,48+/m1/s1. The van der Waals surface area contributed by atoms with Crippen molar-refractivity contribution in [1.82, 2.24) is 68.8 Å². The minimum Gasteiger partial charge on any atom is -0.508 e. The molecule has 2 aromatic carbocycles. The molecule has 0 radical (unpaired) electrons. The van der Waals surface area contributed by atoms with Crippen molar-refractivity contribution >= 4 is 170 Å². The highest BCUT2D eigenvalue weighted by molar-refractivity contribution is 7.81. The number of benzene rings is 2. The number of likely N-dealkylation sites (tertiary alicyclic amines) is 1. The molecule has 4 unspecified atom stereocenters. The summed E-state index contributed by atoms with van der Waals surface area (Å²) < 4.78 is 9.53. The van der Waals surface area contributed by atoms with E-state index in [-0.39, 0.29) is 67.4 Å². The van der Waals surface area contributed by atoms with E-state index >= 15 is 0 Å². The number of amides is 12. The number of hydrogen-bond acceptors (Lipinski definition) is 30. The van der Waals surface area contributed by atoms with Crippen LogP contribution in [0.3, 0.4) is 0 Å². The highest BCUT2D eigenvalue weighted by atomic mass is 32.1. The number of phenolic OH excluding ortho intramolecular Hbond substituents is 2. The van der Waals surface area contributed by atoms with E-state index in [0.717, 1.165) is 26.0 Å². The summed E-state index contributed by atoms with van der Waals surface area (Å²) in [5, 5.41) is 56.7. The van der Waals surface area contributed by atoms with E-state index in [0.29, 0.717) is 11.1 Å². The van der Waals surface area contributed by atoms with Crippen molar-refractivity contribution in [3.63, 3.8) is 0 Å². The molecule has 0 saturated carbocycles. The Labute approximate surface area is 624 Å². The van der Waals surface area contributed by atoms with Crippen LogP contribution in [0.25, 0.3) is 0 Å². The lowest BCUT2D eigenvalue weighted by Gasteiger charge is -2.30. The van der Waals surface area contributed by atoms with Gasteiger partial charge in [-0.15, -0.1) is 0 Å². The van der Waals surface area contributed by atoms with Crippen molar-refractivity contribution < 1.29 is 102 Å². The quantitative estimate of drug-likeness (QED) is 0.00963. The molecule has 103 heavy (non-hydrogen) atoms. The van der Waals surface area contributed by atoms with Gasteiger partial charge in [-0.2, -0.15) is 75.8 Å². The number of ether oxygens (including phenoxy) is 2. The Hall–Kier alpha value is -8.10. The Kier molecular flexibility index (Phi) is 39.1. The Morgan fingerprint density at radius 3 is 1.42 bits per heavy atom. The fraction of sp³-hybridized carbons (Fsp3) is 0.541. The monoisotopic (exact) mass is 1560 g/mol. The van der Waals surface area contributed by atoms with Gasteiger partial charge < -0.3 is 88.6 Å². The number of nitrogens with one attached hydrogen (secondary N) is 12. The number of carbonyl (C=O) groups excluding carboxylic acids is 16. The number of Topliss-reactive ketones (excluding diaryl/α,β-unsaturated/α-hetero) is 2. The first-order chi connectivity index (χ1) is 48.7. The number of methoxy groups -OCH3 is 2. The van der Waals surface area contributed by atoms with Crippen LogP contribution in [-0.4, -0.2) is 261 Å². The molecule has 42 heteroatoms. The third-order valence-electron chi connectivity index (χ3n) is 15.6. The largest absolute Gasteiger partial charge is 0.508 e. The Morgan fingerprint density at radius 2 is 0.951 bits per heavy atom. The van der Waals surface area contributed by atoms with Crippen molar-refractivity contribution in [1.29, 1.82) is 0 Å². The Balaban J connectivity index is 1.70. The number of rotatable bonds is 44. The van der Waals surface area contributed by atoms with Gasteiger partial charge >= 0.3 is 11.9 Å². The third kappa shape index (κ3) is 28.8. The van der Waals surface area contributed by atoms with Gasteiger partial charge in [0.1, 0.15) is 71.9 Å². The molecule has 3 rings (SSSR count). The van der Waals surface area contributed by atoms with Crippen molar-refractivity contribution in [2.24, 2.45) is 11.6 Å². The molecular formula is C61H89N15O21S6. The zero-order valence-corrected chi connectivity index (χ0v) is 61.7. The number of aliphatic hydroxyl groups excluding tert-OH is 1. The molecular weight excluding hydrogens is 1470 g/mol. The molecule has 12 amide bonds. The van der Waals surface area contributed by atoms with E-state index in [1.807, 2.05) is 0 Å². The van der Waals surface area contributed by atoms with E-state index in [9.17, 15) is 92.0 Å². The molecule has 1 saturated heterocycles. The fourth-order valence-corrected chi connectivity index (χ4v) is 11.4. The zero-order valence-electron chi connectivity index (χ0n) is 56.3. The van der Waals surface area contributed by atoms with Crippen LogP contribution in [0, 0.1) is 0 Å². The second-order valence-corrected chi connectivity index (χ2v) is 25.4. The van der Waals surface area contributed by atoms with Crippen molar-refractivity contribution in [3.05, 3.63) is 59.7 Å². The van der Waals surface area contributed by atoms with E-state index in [2.05, 4.69) is 140 Å². The fourth-order valence-electron chi connectivity index (χ4n) is 9.84. The Bertz CT molecular complexity index is 3330.